The molecule has 3 aromatic rings. The Hall–Kier alpha value is -2.39. The number of aryl methyl sites for hydroxylation is 2. The van der Waals surface area contributed by atoms with Crippen LogP contribution in [0.5, 0.6) is 5.75 Å². The molecule has 0 aliphatic rings. The van der Waals surface area contributed by atoms with Crippen molar-refractivity contribution in [3.05, 3.63) is 62.2 Å². The van der Waals surface area contributed by atoms with Crippen molar-refractivity contribution in [2.45, 2.75) is 53.1 Å². The van der Waals surface area contributed by atoms with Crippen LogP contribution in [0.2, 0.25) is 5.02 Å². The van der Waals surface area contributed by atoms with E-state index in [9.17, 15) is 14.7 Å². The minimum atomic E-state index is -0.524. The van der Waals surface area contributed by atoms with E-state index >= 15 is 0 Å². The number of nitrogens with zero attached hydrogens (tertiary/aromatic N) is 2. The number of amides is 1. The number of hydrogen-bond donors (Lipinski definition) is 3. The standard InChI is InChI=1S/C27H37ClN4O3S/c1-18(29)25(34)31(17-27(2,3)4)16-14-30-13-11-20-7-10-22(33)23-24(20)36-26(35)32(23)15-12-19-5-8-21(28)9-6-19/h5-10,18,30,33H,11-17,29H2,1-4H3/t18-/m0/s1. The van der Waals surface area contributed by atoms with Gasteiger partial charge in [-0.15, -0.1) is 0 Å². The first kappa shape index (κ1) is 28.2. The first-order valence-corrected chi connectivity index (χ1v) is 13.5. The average Bonchev–Trinajstić information content (AvgIpc) is 3.14. The molecule has 0 aliphatic heterocycles. The quantitative estimate of drug-likeness (QED) is 0.324. The van der Waals surface area contributed by atoms with E-state index < -0.39 is 6.04 Å². The second kappa shape index (κ2) is 12.2. The van der Waals surface area contributed by atoms with Crippen LogP contribution in [-0.4, -0.2) is 52.7 Å². The second-order valence-electron chi connectivity index (χ2n) is 10.4. The summed E-state index contributed by atoms with van der Waals surface area (Å²) in [5, 5.41) is 14.6. The molecule has 0 unspecified atom stereocenters. The normalized spacial score (nSPS) is 12.7. The van der Waals surface area contributed by atoms with Crippen LogP contribution >= 0.6 is 22.9 Å². The zero-order valence-electron chi connectivity index (χ0n) is 21.5. The maximum Gasteiger partial charge on any atom is 0.308 e. The van der Waals surface area contributed by atoms with E-state index in [4.69, 9.17) is 17.3 Å². The van der Waals surface area contributed by atoms with Crippen LogP contribution < -0.4 is 15.9 Å². The number of hydrogen-bond acceptors (Lipinski definition) is 6. The molecule has 7 nitrogen and oxygen atoms in total. The molecule has 1 heterocycles. The highest BCUT2D eigenvalue weighted by Gasteiger charge is 2.23. The van der Waals surface area contributed by atoms with Gasteiger partial charge in [0.2, 0.25) is 5.91 Å². The zero-order valence-corrected chi connectivity index (χ0v) is 23.1. The number of rotatable bonds is 11. The molecule has 0 spiro atoms. The van der Waals surface area contributed by atoms with E-state index in [-0.39, 0.29) is 21.9 Å². The van der Waals surface area contributed by atoms with Crippen molar-refractivity contribution in [3.8, 4) is 5.75 Å². The maximum absolute atomic E-state index is 12.8. The lowest BCUT2D eigenvalue weighted by Crippen LogP contribution is -2.48. The summed E-state index contributed by atoms with van der Waals surface area (Å²) in [5.74, 6) is 0.0695. The molecular formula is C27H37ClN4O3S. The number of phenols is 1. The number of benzene rings is 2. The van der Waals surface area contributed by atoms with Gasteiger partial charge in [0.15, 0.2) is 0 Å². The molecule has 0 bridgehead atoms. The van der Waals surface area contributed by atoms with Gasteiger partial charge >= 0.3 is 4.87 Å². The van der Waals surface area contributed by atoms with Gasteiger partial charge in [-0.05, 0) is 61.1 Å². The highest BCUT2D eigenvalue weighted by Crippen LogP contribution is 2.30. The zero-order chi connectivity index (χ0) is 26.5. The van der Waals surface area contributed by atoms with Gasteiger partial charge in [-0.3, -0.25) is 14.2 Å². The fourth-order valence-electron chi connectivity index (χ4n) is 4.19. The smallest absolute Gasteiger partial charge is 0.308 e. The molecule has 1 aromatic heterocycles. The highest BCUT2D eigenvalue weighted by molar-refractivity contribution is 7.16. The van der Waals surface area contributed by atoms with Gasteiger partial charge < -0.3 is 21.1 Å². The number of nitrogens with two attached hydrogens (primary N) is 1. The number of carbonyl (C=O) groups is 1. The third-order valence-corrected chi connectivity index (χ3v) is 7.21. The lowest BCUT2D eigenvalue weighted by Gasteiger charge is -2.31. The fourth-order valence-corrected chi connectivity index (χ4v) is 5.40. The monoisotopic (exact) mass is 532 g/mol. The van der Waals surface area contributed by atoms with Crippen molar-refractivity contribution in [1.29, 1.82) is 0 Å². The van der Waals surface area contributed by atoms with Crippen molar-refractivity contribution in [2.24, 2.45) is 11.1 Å². The summed E-state index contributed by atoms with van der Waals surface area (Å²) in [5.41, 5.74) is 8.51. The Morgan fingerprint density at radius 3 is 2.50 bits per heavy atom. The van der Waals surface area contributed by atoms with Crippen molar-refractivity contribution in [3.63, 3.8) is 0 Å². The molecule has 0 fully saturated rings. The second-order valence-corrected chi connectivity index (χ2v) is 11.8. The van der Waals surface area contributed by atoms with Crippen LogP contribution in [0.15, 0.2) is 41.2 Å². The summed E-state index contributed by atoms with van der Waals surface area (Å²) in [7, 11) is 0. The molecule has 0 radical (unpaired) electrons. The molecule has 9 heteroatoms. The van der Waals surface area contributed by atoms with Gasteiger partial charge in [0, 0.05) is 31.2 Å². The lowest BCUT2D eigenvalue weighted by atomic mass is 9.95. The van der Waals surface area contributed by atoms with E-state index in [1.807, 2.05) is 35.2 Å². The van der Waals surface area contributed by atoms with Gasteiger partial charge in [0.1, 0.15) is 11.3 Å². The van der Waals surface area contributed by atoms with Crippen LogP contribution in [-0.2, 0) is 24.2 Å². The summed E-state index contributed by atoms with van der Waals surface area (Å²) >= 11 is 7.14. The summed E-state index contributed by atoms with van der Waals surface area (Å²) in [6.45, 7) is 11.1. The Kier molecular flexibility index (Phi) is 9.58. The average molecular weight is 533 g/mol. The van der Waals surface area contributed by atoms with Gasteiger partial charge in [-0.1, -0.05) is 61.9 Å². The van der Waals surface area contributed by atoms with E-state index in [2.05, 4.69) is 26.1 Å². The molecular weight excluding hydrogens is 496 g/mol. The molecule has 0 saturated heterocycles. The van der Waals surface area contributed by atoms with E-state index in [1.54, 1.807) is 17.6 Å². The fraction of sp³-hybridized carbons (Fsp3) is 0.481. The molecule has 4 N–H and O–H groups in total. The molecule has 1 amide bonds. The SMILES string of the molecule is C[C@H](N)C(=O)N(CCNCCc1ccc(O)c2c1sc(=O)n2CCc1ccc(Cl)cc1)CC(C)(C)C. The Morgan fingerprint density at radius 2 is 1.86 bits per heavy atom. The minimum absolute atomic E-state index is 0.0136. The first-order chi connectivity index (χ1) is 17.0. The molecule has 196 valence electrons. The van der Waals surface area contributed by atoms with E-state index in [1.165, 1.54) is 11.3 Å². The highest BCUT2D eigenvalue weighted by atomic mass is 35.5. The van der Waals surface area contributed by atoms with Crippen molar-refractivity contribution in [1.82, 2.24) is 14.8 Å². The number of carbonyl (C=O) groups excluding carboxylic acids is 1. The number of aromatic hydroxyl groups is 1. The molecule has 3 rings (SSSR count). The van der Waals surface area contributed by atoms with Crippen LogP contribution in [0, 0.1) is 5.41 Å². The van der Waals surface area contributed by atoms with E-state index in [0.717, 1.165) is 15.8 Å². The van der Waals surface area contributed by atoms with Gasteiger partial charge in [0.05, 0.1) is 10.7 Å². The molecule has 2 aromatic carbocycles. The lowest BCUT2D eigenvalue weighted by molar-refractivity contribution is -0.133. The molecule has 36 heavy (non-hydrogen) atoms. The summed E-state index contributed by atoms with van der Waals surface area (Å²) in [6.07, 6.45) is 1.37. The Labute approximate surface area is 221 Å². The number of halogens is 1. The summed E-state index contributed by atoms with van der Waals surface area (Å²) in [4.78, 5) is 27.0. The van der Waals surface area contributed by atoms with Crippen molar-refractivity contribution >= 4 is 39.1 Å². The van der Waals surface area contributed by atoms with Crippen LogP contribution in [0.4, 0.5) is 0 Å². The Bertz CT molecular complexity index is 1230. The number of phenolic OH excluding ortho intramolecular Hbond substituents is 1. The van der Waals surface area contributed by atoms with Crippen molar-refractivity contribution < 1.29 is 9.90 Å². The summed E-state index contributed by atoms with van der Waals surface area (Å²) in [6, 6.07) is 10.6. The maximum atomic E-state index is 12.8. The van der Waals surface area contributed by atoms with E-state index in [0.29, 0.717) is 56.1 Å². The number of fused-ring (bicyclic) bond motifs is 1. The first-order valence-electron chi connectivity index (χ1n) is 12.3. The molecule has 0 saturated carbocycles. The van der Waals surface area contributed by atoms with Crippen molar-refractivity contribution in [2.75, 3.05) is 26.2 Å². The minimum Gasteiger partial charge on any atom is -0.506 e. The molecule has 1 atom stereocenters. The van der Waals surface area contributed by atoms with Crippen LogP contribution in [0.25, 0.3) is 10.2 Å². The number of thiazole rings is 1. The third kappa shape index (κ3) is 7.56. The third-order valence-electron chi connectivity index (χ3n) is 5.90. The largest absolute Gasteiger partial charge is 0.506 e. The summed E-state index contributed by atoms with van der Waals surface area (Å²) < 4.78 is 2.48. The van der Waals surface area contributed by atoms with Crippen LogP contribution in [0.3, 0.4) is 0 Å². The number of nitrogens with one attached hydrogen (secondary N) is 1. The predicted octanol–water partition coefficient (Wildman–Crippen LogP) is 4.02. The number of aromatic nitrogens is 1. The predicted molar refractivity (Wildman–Crippen MR) is 149 cm³/mol. The van der Waals surface area contributed by atoms with Gasteiger partial charge in [-0.2, -0.15) is 0 Å². The Balaban J connectivity index is 1.63. The topological polar surface area (TPSA) is 101 Å². The Morgan fingerprint density at radius 1 is 1.17 bits per heavy atom. The van der Waals surface area contributed by atoms with Crippen LogP contribution in [0.1, 0.15) is 38.8 Å². The molecule has 0 aliphatic carbocycles. The van der Waals surface area contributed by atoms with Gasteiger partial charge in [-0.25, -0.2) is 0 Å². The van der Waals surface area contributed by atoms with Gasteiger partial charge in [0.25, 0.3) is 0 Å².